The summed E-state index contributed by atoms with van der Waals surface area (Å²) in [5.74, 6) is 0.638. The Hall–Kier alpha value is -2.17. The summed E-state index contributed by atoms with van der Waals surface area (Å²) in [5, 5.41) is 9.30. The van der Waals surface area contributed by atoms with Crippen molar-refractivity contribution in [3.63, 3.8) is 0 Å². The molecule has 0 aliphatic heterocycles. The number of benzene rings is 1. The molecule has 21 heavy (non-hydrogen) atoms. The number of nitrogens with zero attached hydrogens (tertiary/aromatic N) is 1. The highest BCUT2D eigenvalue weighted by molar-refractivity contribution is 7.90. The van der Waals surface area contributed by atoms with Crippen molar-refractivity contribution in [3.05, 3.63) is 40.7 Å². The molecular weight excluding hydrogens is 308 g/mol. The zero-order valence-corrected chi connectivity index (χ0v) is 13.0. The molecule has 1 heterocycles. The molecule has 0 aliphatic carbocycles. The third-order valence-corrected chi connectivity index (χ3v) is 4.39. The van der Waals surface area contributed by atoms with Crippen molar-refractivity contribution >= 4 is 22.1 Å². The number of hydrogen-bond acceptors (Lipinski definition) is 5. The van der Waals surface area contributed by atoms with Gasteiger partial charge in [-0.15, -0.1) is 0 Å². The summed E-state index contributed by atoms with van der Waals surface area (Å²) in [7, 11) is -1.97. The highest BCUT2D eigenvalue weighted by atomic mass is 32.2. The Bertz CT molecular complexity index is 876. The summed E-state index contributed by atoms with van der Waals surface area (Å²) in [5.41, 5.74) is 1.04. The SMILES string of the molecule is COc1ccc(-c2c(S(C)(=O)=O)c[nH]c(=S)c2C#N)cc1. The van der Waals surface area contributed by atoms with Gasteiger partial charge in [-0.05, 0) is 17.7 Å². The zero-order valence-electron chi connectivity index (χ0n) is 11.4. The number of methoxy groups -OCH3 is 1. The molecule has 1 N–H and O–H groups in total. The Kier molecular flexibility index (Phi) is 4.11. The van der Waals surface area contributed by atoms with Crippen molar-refractivity contribution in [3.8, 4) is 22.9 Å². The van der Waals surface area contributed by atoms with Gasteiger partial charge in [0.25, 0.3) is 0 Å². The van der Waals surface area contributed by atoms with E-state index in [1.807, 2.05) is 6.07 Å². The number of nitriles is 1. The van der Waals surface area contributed by atoms with Crippen LogP contribution in [0.15, 0.2) is 35.4 Å². The van der Waals surface area contributed by atoms with E-state index in [0.29, 0.717) is 16.9 Å². The van der Waals surface area contributed by atoms with Gasteiger partial charge in [-0.25, -0.2) is 8.42 Å². The lowest BCUT2D eigenvalue weighted by atomic mass is 10.0. The molecule has 0 spiro atoms. The van der Waals surface area contributed by atoms with E-state index in [2.05, 4.69) is 4.98 Å². The molecule has 0 saturated heterocycles. The smallest absolute Gasteiger partial charge is 0.177 e. The third-order valence-electron chi connectivity index (χ3n) is 2.95. The fourth-order valence-corrected chi connectivity index (χ4v) is 3.03. The van der Waals surface area contributed by atoms with Gasteiger partial charge >= 0.3 is 0 Å². The molecule has 0 bridgehead atoms. The van der Waals surface area contributed by atoms with Gasteiger partial charge in [0, 0.05) is 18.0 Å². The third kappa shape index (κ3) is 2.96. The maximum Gasteiger partial charge on any atom is 0.177 e. The van der Waals surface area contributed by atoms with E-state index in [-0.39, 0.29) is 15.1 Å². The van der Waals surface area contributed by atoms with Gasteiger partial charge in [-0.1, -0.05) is 24.4 Å². The van der Waals surface area contributed by atoms with E-state index in [4.69, 9.17) is 17.0 Å². The van der Waals surface area contributed by atoms with Crippen molar-refractivity contribution in [2.75, 3.05) is 13.4 Å². The first-order valence-corrected chi connectivity index (χ1v) is 8.18. The summed E-state index contributed by atoms with van der Waals surface area (Å²) in [4.78, 5) is 2.69. The average Bonchev–Trinajstić information content (AvgIpc) is 2.45. The molecule has 0 atom stereocenters. The lowest BCUT2D eigenvalue weighted by molar-refractivity contribution is 0.415. The van der Waals surface area contributed by atoms with Crippen LogP contribution < -0.4 is 4.74 Å². The van der Waals surface area contributed by atoms with Crippen LogP contribution in [-0.2, 0) is 9.84 Å². The lowest BCUT2D eigenvalue weighted by Crippen LogP contribution is -2.04. The molecule has 0 radical (unpaired) electrons. The van der Waals surface area contributed by atoms with E-state index in [0.717, 1.165) is 6.26 Å². The lowest BCUT2D eigenvalue weighted by Gasteiger charge is -2.11. The number of H-pyrrole nitrogens is 1. The standard InChI is InChI=1S/C14H12N2O3S2/c1-19-10-5-3-9(4-6-10)13-11(7-15)14(20)16-8-12(13)21(2,17)18/h3-6,8H,1-2H3,(H,16,20). The summed E-state index contributed by atoms with van der Waals surface area (Å²) >= 11 is 5.07. The summed E-state index contributed by atoms with van der Waals surface area (Å²) < 4.78 is 29.2. The topological polar surface area (TPSA) is 83.0 Å². The Morgan fingerprint density at radius 2 is 1.90 bits per heavy atom. The van der Waals surface area contributed by atoms with Gasteiger partial charge < -0.3 is 9.72 Å². The largest absolute Gasteiger partial charge is 0.497 e. The molecule has 0 saturated carbocycles. The van der Waals surface area contributed by atoms with Crippen LogP contribution in [-0.4, -0.2) is 26.8 Å². The minimum atomic E-state index is -3.51. The number of aromatic nitrogens is 1. The van der Waals surface area contributed by atoms with Gasteiger partial charge in [0.15, 0.2) is 9.84 Å². The Morgan fingerprint density at radius 1 is 1.29 bits per heavy atom. The molecule has 0 unspecified atom stereocenters. The molecule has 1 aromatic carbocycles. The molecule has 7 heteroatoms. The van der Waals surface area contributed by atoms with Crippen LogP contribution in [0.5, 0.6) is 5.75 Å². The van der Waals surface area contributed by atoms with E-state index in [1.54, 1.807) is 24.3 Å². The van der Waals surface area contributed by atoms with Gasteiger partial charge in [0.1, 0.15) is 16.5 Å². The first kappa shape index (κ1) is 15.2. The van der Waals surface area contributed by atoms with Crippen LogP contribution in [0.3, 0.4) is 0 Å². The number of aromatic amines is 1. The Morgan fingerprint density at radius 3 is 2.38 bits per heavy atom. The van der Waals surface area contributed by atoms with Crippen molar-refractivity contribution in [1.29, 1.82) is 5.26 Å². The molecule has 0 aliphatic rings. The minimum absolute atomic E-state index is 0.0396. The number of hydrogen-bond donors (Lipinski definition) is 1. The number of pyridine rings is 1. The number of sulfone groups is 1. The summed E-state index contributed by atoms with van der Waals surface area (Å²) in [6, 6.07) is 8.75. The van der Waals surface area contributed by atoms with Crippen molar-refractivity contribution in [2.24, 2.45) is 0 Å². The second-order valence-corrected chi connectivity index (χ2v) is 6.74. The Balaban J connectivity index is 2.85. The van der Waals surface area contributed by atoms with Gasteiger partial charge in [-0.2, -0.15) is 5.26 Å². The number of ether oxygens (including phenoxy) is 1. The van der Waals surface area contributed by atoms with Crippen molar-refractivity contribution < 1.29 is 13.2 Å². The van der Waals surface area contributed by atoms with Crippen LogP contribution >= 0.6 is 12.2 Å². The maximum absolute atomic E-state index is 11.9. The predicted molar refractivity (Wildman–Crippen MR) is 81.4 cm³/mol. The quantitative estimate of drug-likeness (QED) is 0.879. The molecule has 108 valence electrons. The Labute approximate surface area is 127 Å². The van der Waals surface area contributed by atoms with Crippen LogP contribution in [0.2, 0.25) is 0 Å². The maximum atomic E-state index is 11.9. The molecule has 2 aromatic rings. The molecule has 2 rings (SSSR count). The second-order valence-electron chi connectivity index (χ2n) is 4.34. The molecule has 0 amide bonds. The summed E-state index contributed by atoms with van der Waals surface area (Å²) in [6.45, 7) is 0. The van der Waals surface area contributed by atoms with Crippen LogP contribution in [0, 0.1) is 16.0 Å². The minimum Gasteiger partial charge on any atom is -0.497 e. The fraction of sp³-hybridized carbons (Fsp3) is 0.143. The highest BCUT2D eigenvalue weighted by Gasteiger charge is 2.19. The second kappa shape index (κ2) is 5.68. The number of nitrogens with one attached hydrogen (secondary N) is 1. The summed E-state index contributed by atoms with van der Waals surface area (Å²) in [6.07, 6.45) is 2.41. The molecule has 0 fully saturated rings. The molecule has 1 aromatic heterocycles. The van der Waals surface area contributed by atoms with E-state index < -0.39 is 9.84 Å². The first-order valence-electron chi connectivity index (χ1n) is 5.88. The van der Waals surface area contributed by atoms with Gasteiger partial charge in [0.2, 0.25) is 0 Å². The van der Waals surface area contributed by atoms with E-state index >= 15 is 0 Å². The molecule has 5 nitrogen and oxygen atoms in total. The fourth-order valence-electron chi connectivity index (χ4n) is 1.96. The van der Waals surface area contributed by atoms with Gasteiger partial charge in [0.05, 0.1) is 17.6 Å². The van der Waals surface area contributed by atoms with Gasteiger partial charge in [-0.3, -0.25) is 0 Å². The monoisotopic (exact) mass is 320 g/mol. The van der Waals surface area contributed by atoms with E-state index in [1.165, 1.54) is 13.3 Å². The average molecular weight is 320 g/mol. The van der Waals surface area contributed by atoms with Crippen molar-refractivity contribution in [1.82, 2.24) is 4.98 Å². The number of rotatable bonds is 3. The van der Waals surface area contributed by atoms with E-state index in [9.17, 15) is 13.7 Å². The highest BCUT2D eigenvalue weighted by Crippen LogP contribution is 2.31. The normalized spacial score (nSPS) is 10.9. The van der Waals surface area contributed by atoms with Crippen LogP contribution in [0.4, 0.5) is 0 Å². The zero-order chi connectivity index (χ0) is 15.6. The molecular formula is C14H12N2O3S2. The van der Waals surface area contributed by atoms with Crippen molar-refractivity contribution in [2.45, 2.75) is 4.90 Å². The van der Waals surface area contributed by atoms with Crippen LogP contribution in [0.1, 0.15) is 5.56 Å². The van der Waals surface area contributed by atoms with Crippen LogP contribution in [0.25, 0.3) is 11.1 Å². The first-order chi connectivity index (χ1) is 9.88. The predicted octanol–water partition coefficient (Wildman–Crippen LogP) is 2.69.